The number of carbonyl (C=O) groups is 4. The molecule has 0 amide bonds. The molecule has 0 spiro atoms. The van der Waals surface area contributed by atoms with E-state index in [1.54, 1.807) is 0 Å². The van der Waals surface area contributed by atoms with Gasteiger partial charge in [0.05, 0.1) is 26.4 Å². The number of hydrogen-bond donors (Lipinski definition) is 3. The van der Waals surface area contributed by atoms with Crippen LogP contribution in [0.3, 0.4) is 0 Å². The van der Waals surface area contributed by atoms with E-state index in [0.29, 0.717) is 25.7 Å². The fraction of sp³-hybridized carbons (Fsp3) is 0.807. The van der Waals surface area contributed by atoms with Crippen LogP contribution < -0.4 is 0 Å². The highest BCUT2D eigenvalue weighted by Gasteiger charge is 2.30. The lowest BCUT2D eigenvalue weighted by molar-refractivity contribution is -0.161. The van der Waals surface area contributed by atoms with E-state index in [0.717, 1.165) is 161 Å². The van der Waals surface area contributed by atoms with E-state index >= 15 is 0 Å². The number of hydrogen-bond acceptors (Lipinski definition) is 15. The molecule has 0 rings (SSSR count). The van der Waals surface area contributed by atoms with Crippen LogP contribution >= 0.6 is 15.6 Å². The van der Waals surface area contributed by atoms with Gasteiger partial charge >= 0.3 is 39.5 Å². The Morgan fingerprint density at radius 2 is 0.510 bits per heavy atom. The number of allylic oxidation sites excluding steroid dienone is 12. The normalized spacial score (nSPS) is 14.2. The Kier molecular flexibility index (Phi) is 73.1. The lowest BCUT2D eigenvalue weighted by Gasteiger charge is -2.21. The molecule has 0 aromatic carbocycles. The maximum absolute atomic E-state index is 13.1. The minimum atomic E-state index is -4.98. The number of phosphoric ester groups is 2. The van der Waals surface area contributed by atoms with Crippen molar-refractivity contribution in [3.63, 3.8) is 0 Å². The predicted octanol–water partition coefficient (Wildman–Crippen LogP) is 24.0. The van der Waals surface area contributed by atoms with Gasteiger partial charge in [-0.05, 0) is 89.9 Å². The van der Waals surface area contributed by atoms with Gasteiger partial charge < -0.3 is 33.8 Å². The lowest BCUT2D eigenvalue weighted by atomic mass is 10.0. The third-order valence-corrected chi connectivity index (χ3v) is 19.6. The molecule has 0 aliphatic rings. The van der Waals surface area contributed by atoms with Gasteiger partial charge in [-0.25, -0.2) is 9.13 Å². The summed E-state index contributed by atoms with van der Waals surface area (Å²) in [5.41, 5.74) is 0. The molecule has 102 heavy (non-hydrogen) atoms. The van der Waals surface area contributed by atoms with Gasteiger partial charge in [-0.2, -0.15) is 0 Å². The zero-order chi connectivity index (χ0) is 74.6. The van der Waals surface area contributed by atoms with Crippen LogP contribution in [0.15, 0.2) is 72.9 Å². The summed E-state index contributed by atoms with van der Waals surface area (Å²) in [7, 11) is -9.95. The van der Waals surface area contributed by atoms with Gasteiger partial charge in [0.2, 0.25) is 0 Å². The van der Waals surface area contributed by atoms with Crippen molar-refractivity contribution in [3.05, 3.63) is 72.9 Å². The third kappa shape index (κ3) is 74.8. The van der Waals surface area contributed by atoms with Gasteiger partial charge in [0.25, 0.3) is 0 Å². The zero-order valence-corrected chi connectivity index (χ0v) is 66.8. The average molecular weight is 1480 g/mol. The molecular formula is C83H150O17P2. The number of unbranched alkanes of at least 4 members (excludes halogenated alkanes) is 40. The fourth-order valence-electron chi connectivity index (χ4n) is 11.5. The van der Waals surface area contributed by atoms with Crippen molar-refractivity contribution >= 4 is 39.5 Å². The van der Waals surface area contributed by atoms with Crippen LogP contribution in [-0.4, -0.2) is 96.7 Å². The first-order valence-corrected chi connectivity index (χ1v) is 44.2. The van der Waals surface area contributed by atoms with Gasteiger partial charge in [0, 0.05) is 25.7 Å². The summed E-state index contributed by atoms with van der Waals surface area (Å²) >= 11 is 0. The van der Waals surface area contributed by atoms with Gasteiger partial charge in [-0.1, -0.05) is 332 Å². The van der Waals surface area contributed by atoms with Gasteiger partial charge in [0.1, 0.15) is 19.3 Å². The molecule has 0 aliphatic heterocycles. The Morgan fingerprint density at radius 3 is 0.784 bits per heavy atom. The Balaban J connectivity index is 5.34. The number of carbonyl (C=O) groups excluding carboxylic acids is 4. The molecule has 0 aliphatic carbocycles. The summed E-state index contributed by atoms with van der Waals surface area (Å²) in [5.74, 6) is -2.17. The summed E-state index contributed by atoms with van der Waals surface area (Å²) in [6.45, 7) is 4.71. The largest absolute Gasteiger partial charge is 0.472 e. The first kappa shape index (κ1) is 98.5. The van der Waals surface area contributed by atoms with Crippen molar-refractivity contribution in [2.24, 2.45) is 0 Å². The predicted molar refractivity (Wildman–Crippen MR) is 418 cm³/mol. The van der Waals surface area contributed by atoms with Crippen molar-refractivity contribution in [2.45, 2.75) is 393 Å². The molecule has 5 unspecified atom stereocenters. The number of phosphoric acid groups is 2. The highest BCUT2D eigenvalue weighted by atomic mass is 31.2. The molecule has 0 saturated heterocycles. The van der Waals surface area contributed by atoms with Crippen LogP contribution in [0.4, 0.5) is 0 Å². The van der Waals surface area contributed by atoms with E-state index in [4.69, 9.17) is 37.0 Å². The molecule has 0 aromatic rings. The lowest BCUT2D eigenvalue weighted by Crippen LogP contribution is -2.30. The van der Waals surface area contributed by atoms with Gasteiger partial charge in [0.15, 0.2) is 12.2 Å². The average Bonchev–Trinajstić information content (AvgIpc) is 0.923. The molecule has 0 fully saturated rings. The summed E-state index contributed by atoms with van der Waals surface area (Å²) in [6.07, 6.45) is 77.2. The van der Waals surface area contributed by atoms with Crippen molar-refractivity contribution in [3.8, 4) is 0 Å². The maximum atomic E-state index is 13.1. The molecule has 0 saturated carbocycles. The second-order valence-electron chi connectivity index (χ2n) is 27.7. The van der Waals surface area contributed by atoms with Gasteiger partial charge in [-0.3, -0.25) is 37.3 Å². The standard InChI is InChI=1S/C83H150O17P2/c1-5-9-13-17-21-25-29-33-37-38-42-44-48-52-56-60-64-68-81(86)94-74-79(100-83(88)70-66-62-58-54-50-46-41-36-32-28-24-20-16-12-8-4)76-98-102(91,92)96-72-77(84)71-95-101(89,90)97-75-78(99-82(87)69-65-61-57-53-49-45-40-35-31-27-23-19-15-11-7-3)73-93-80(85)67-63-59-55-51-47-43-39-34-30-26-22-18-14-10-6-2/h9,12-13,16,21,24-25,28,33,36-37,41,77-79,84H,5-8,10-11,14-15,17-20,22-23,26-27,29-32,34-35,38-40,42-76H2,1-4H3,(H,89,90)(H,91,92)/b13-9-,16-12-,25-21-,28-24-,37-33-,41-36-. The van der Waals surface area contributed by atoms with Crippen LogP contribution in [0, 0.1) is 0 Å². The van der Waals surface area contributed by atoms with E-state index < -0.39 is 97.5 Å². The fourth-order valence-corrected chi connectivity index (χ4v) is 13.1. The Morgan fingerprint density at radius 1 is 0.284 bits per heavy atom. The van der Waals surface area contributed by atoms with Crippen molar-refractivity contribution in [1.29, 1.82) is 0 Å². The van der Waals surface area contributed by atoms with Crippen molar-refractivity contribution < 1.29 is 80.2 Å². The minimum absolute atomic E-state index is 0.0756. The smallest absolute Gasteiger partial charge is 0.462 e. The molecular weight excluding hydrogens is 1330 g/mol. The number of ether oxygens (including phenoxy) is 4. The SMILES string of the molecule is CC/C=C\C/C=C\C/C=C\CCCCCCCCCC(=O)OCC(COP(=O)(O)OCC(O)COP(=O)(O)OCC(COC(=O)CCCCCCCCCCCCCCCCC)OC(=O)CCCCCCCCCCCCCCCCC)OC(=O)CCCCCCC/C=C\C/C=C\C/C=C\CC. The van der Waals surface area contributed by atoms with Crippen LogP contribution in [0.5, 0.6) is 0 Å². The monoisotopic (exact) mass is 1480 g/mol. The quantitative estimate of drug-likeness (QED) is 0.0169. The Labute approximate surface area is 622 Å². The van der Waals surface area contributed by atoms with E-state index in [9.17, 15) is 43.2 Å². The molecule has 3 N–H and O–H groups in total. The maximum Gasteiger partial charge on any atom is 0.472 e. The Bertz CT molecular complexity index is 2210. The molecule has 0 heterocycles. The van der Waals surface area contributed by atoms with Crippen molar-refractivity contribution in [2.75, 3.05) is 39.6 Å². The minimum Gasteiger partial charge on any atom is -0.462 e. The van der Waals surface area contributed by atoms with Crippen LogP contribution in [0.1, 0.15) is 374 Å². The molecule has 17 nitrogen and oxygen atoms in total. The summed E-state index contributed by atoms with van der Waals surface area (Å²) in [4.78, 5) is 73.1. The van der Waals surface area contributed by atoms with Crippen molar-refractivity contribution in [1.82, 2.24) is 0 Å². The number of esters is 4. The van der Waals surface area contributed by atoms with Gasteiger partial charge in [-0.15, -0.1) is 0 Å². The highest BCUT2D eigenvalue weighted by Crippen LogP contribution is 2.45. The topological polar surface area (TPSA) is 237 Å². The van der Waals surface area contributed by atoms with Crippen LogP contribution in [0.2, 0.25) is 0 Å². The highest BCUT2D eigenvalue weighted by molar-refractivity contribution is 7.47. The first-order chi connectivity index (χ1) is 49.7. The molecule has 5 atom stereocenters. The number of aliphatic hydroxyl groups excluding tert-OH is 1. The molecule has 0 aromatic heterocycles. The van der Waals surface area contributed by atoms with E-state index in [1.165, 1.54) is 135 Å². The van der Waals surface area contributed by atoms with E-state index in [1.807, 2.05) is 0 Å². The molecule has 0 radical (unpaired) electrons. The summed E-state index contributed by atoms with van der Waals surface area (Å²) in [5, 5.41) is 10.6. The number of rotatable bonds is 78. The van der Waals surface area contributed by atoms with E-state index in [-0.39, 0.29) is 25.7 Å². The van der Waals surface area contributed by atoms with E-state index in [2.05, 4.69) is 101 Å². The summed E-state index contributed by atoms with van der Waals surface area (Å²) in [6, 6.07) is 0. The summed E-state index contributed by atoms with van der Waals surface area (Å²) < 4.78 is 68.7. The number of aliphatic hydroxyl groups is 1. The molecule has 0 bridgehead atoms. The Hall–Kier alpha value is -3.50. The van der Waals surface area contributed by atoms with Crippen LogP contribution in [0.25, 0.3) is 0 Å². The van der Waals surface area contributed by atoms with Crippen LogP contribution in [-0.2, 0) is 65.4 Å². The first-order valence-electron chi connectivity index (χ1n) is 41.2. The molecule has 19 heteroatoms. The third-order valence-electron chi connectivity index (χ3n) is 17.7. The second-order valence-corrected chi connectivity index (χ2v) is 30.6. The zero-order valence-electron chi connectivity index (χ0n) is 65.0. The molecule has 594 valence electrons. The second kappa shape index (κ2) is 75.7.